The molecule has 0 unspecified atom stereocenters. The fourth-order valence-corrected chi connectivity index (χ4v) is 2.93. The van der Waals surface area contributed by atoms with E-state index in [1.165, 1.54) is 7.11 Å². The summed E-state index contributed by atoms with van der Waals surface area (Å²) in [5.74, 6) is -0.933. The molecule has 0 aliphatic heterocycles. The van der Waals surface area contributed by atoms with Crippen LogP contribution in [0.15, 0.2) is 42.5 Å². The summed E-state index contributed by atoms with van der Waals surface area (Å²) in [5.41, 5.74) is 1.54. The lowest BCUT2D eigenvalue weighted by Gasteiger charge is -2.18. The van der Waals surface area contributed by atoms with Gasteiger partial charge in [0.2, 0.25) is 0 Å². The molecule has 0 spiro atoms. The first kappa shape index (κ1) is 16.2. The smallest absolute Gasteiger partial charge is 0.313 e. The summed E-state index contributed by atoms with van der Waals surface area (Å²) < 4.78 is 4.89. The number of hydrogen-bond donors (Lipinski definition) is 0. The Kier molecular flexibility index (Phi) is 5.51. The monoisotopic (exact) mass is 342 g/mol. The topological polar surface area (TPSA) is 26.3 Å². The van der Waals surface area contributed by atoms with Crippen molar-refractivity contribution in [3.05, 3.63) is 68.7 Å². The van der Waals surface area contributed by atoms with Gasteiger partial charge in [-0.15, -0.1) is 0 Å². The van der Waals surface area contributed by atoms with Gasteiger partial charge in [0.05, 0.1) is 13.0 Å². The standard InChI is InChI=1S/C16H13Cl3O2/c1-21-16(20)12(9-10-5-7-11(17)8-6-10)15-13(18)3-2-4-14(15)19/h2-8,12H,9H2,1H3/t12-/m0/s1. The molecule has 2 aromatic carbocycles. The van der Waals surface area contributed by atoms with Crippen LogP contribution in [-0.2, 0) is 16.0 Å². The molecule has 0 heterocycles. The number of rotatable bonds is 4. The van der Waals surface area contributed by atoms with Crippen LogP contribution < -0.4 is 0 Å². The van der Waals surface area contributed by atoms with E-state index in [-0.39, 0.29) is 5.97 Å². The van der Waals surface area contributed by atoms with Gasteiger partial charge in [-0.3, -0.25) is 4.79 Å². The van der Waals surface area contributed by atoms with Gasteiger partial charge < -0.3 is 4.74 Å². The fourth-order valence-electron chi connectivity index (χ4n) is 2.15. The number of carbonyl (C=O) groups is 1. The third-order valence-electron chi connectivity index (χ3n) is 3.19. The van der Waals surface area contributed by atoms with E-state index >= 15 is 0 Å². The first-order valence-electron chi connectivity index (χ1n) is 6.29. The summed E-state index contributed by atoms with van der Waals surface area (Å²) in [5, 5.41) is 1.54. The van der Waals surface area contributed by atoms with Crippen molar-refractivity contribution in [2.24, 2.45) is 0 Å². The first-order chi connectivity index (χ1) is 10.0. The van der Waals surface area contributed by atoms with E-state index in [4.69, 9.17) is 39.5 Å². The number of hydrogen-bond acceptors (Lipinski definition) is 2. The van der Waals surface area contributed by atoms with Crippen molar-refractivity contribution in [2.45, 2.75) is 12.3 Å². The molecule has 5 heteroatoms. The van der Waals surface area contributed by atoms with E-state index in [2.05, 4.69) is 0 Å². The highest BCUT2D eigenvalue weighted by Crippen LogP contribution is 2.34. The van der Waals surface area contributed by atoms with Crippen LogP contribution in [0.4, 0.5) is 0 Å². The third-order valence-corrected chi connectivity index (χ3v) is 4.10. The van der Waals surface area contributed by atoms with E-state index in [1.807, 2.05) is 12.1 Å². The molecular weight excluding hydrogens is 331 g/mol. The van der Waals surface area contributed by atoms with Crippen LogP contribution in [0.2, 0.25) is 15.1 Å². The average Bonchev–Trinajstić information content (AvgIpc) is 2.47. The molecule has 0 amide bonds. The predicted octanol–water partition coefficient (Wildman–Crippen LogP) is 5.15. The predicted molar refractivity (Wildman–Crippen MR) is 86.4 cm³/mol. The molecule has 2 aromatic rings. The number of methoxy groups -OCH3 is 1. The molecule has 0 bridgehead atoms. The van der Waals surface area contributed by atoms with E-state index < -0.39 is 5.92 Å². The van der Waals surface area contributed by atoms with Crippen LogP contribution >= 0.6 is 34.8 Å². The van der Waals surface area contributed by atoms with Gasteiger partial charge in [-0.05, 0) is 36.2 Å². The zero-order valence-electron chi connectivity index (χ0n) is 11.3. The van der Waals surface area contributed by atoms with Gasteiger partial charge >= 0.3 is 5.97 Å². The summed E-state index contributed by atoms with van der Waals surface area (Å²) >= 11 is 18.3. The second-order valence-electron chi connectivity index (χ2n) is 4.54. The fraction of sp³-hybridized carbons (Fsp3) is 0.188. The Hall–Kier alpha value is -1.22. The van der Waals surface area contributed by atoms with Gasteiger partial charge in [0, 0.05) is 20.6 Å². The highest BCUT2D eigenvalue weighted by Gasteiger charge is 2.26. The molecule has 0 fully saturated rings. The summed E-state index contributed by atoms with van der Waals surface area (Å²) in [7, 11) is 1.35. The highest BCUT2D eigenvalue weighted by molar-refractivity contribution is 6.36. The second-order valence-corrected chi connectivity index (χ2v) is 5.79. The van der Waals surface area contributed by atoms with E-state index in [0.717, 1.165) is 5.56 Å². The molecule has 0 saturated heterocycles. The number of carbonyl (C=O) groups excluding carboxylic acids is 1. The third kappa shape index (κ3) is 3.91. The number of ether oxygens (including phenoxy) is 1. The molecule has 21 heavy (non-hydrogen) atoms. The molecule has 2 rings (SSSR count). The minimum atomic E-state index is -0.558. The van der Waals surface area contributed by atoms with Crippen molar-refractivity contribution in [3.63, 3.8) is 0 Å². The first-order valence-corrected chi connectivity index (χ1v) is 7.42. The molecule has 0 aliphatic carbocycles. The lowest BCUT2D eigenvalue weighted by molar-refractivity contribution is -0.142. The molecule has 110 valence electrons. The second kappa shape index (κ2) is 7.17. The number of halogens is 3. The molecular formula is C16H13Cl3O2. The van der Waals surface area contributed by atoms with Crippen molar-refractivity contribution >= 4 is 40.8 Å². The summed E-state index contributed by atoms with van der Waals surface area (Å²) in [6, 6.07) is 12.4. The normalized spacial score (nSPS) is 12.0. The van der Waals surface area contributed by atoms with Crippen molar-refractivity contribution in [1.82, 2.24) is 0 Å². The van der Waals surface area contributed by atoms with E-state index in [0.29, 0.717) is 27.1 Å². The number of esters is 1. The van der Waals surface area contributed by atoms with Crippen LogP contribution in [0.5, 0.6) is 0 Å². The van der Waals surface area contributed by atoms with Crippen LogP contribution in [0, 0.1) is 0 Å². The molecule has 1 atom stereocenters. The lowest BCUT2D eigenvalue weighted by atomic mass is 9.92. The van der Waals surface area contributed by atoms with Gasteiger partial charge in [0.15, 0.2) is 0 Å². The maximum absolute atomic E-state index is 12.1. The molecule has 0 N–H and O–H groups in total. The Morgan fingerprint density at radius 2 is 1.62 bits per heavy atom. The summed E-state index contributed by atoms with van der Waals surface area (Å²) in [6.07, 6.45) is 0.438. The van der Waals surface area contributed by atoms with Crippen molar-refractivity contribution in [1.29, 1.82) is 0 Å². The van der Waals surface area contributed by atoms with E-state index in [1.54, 1.807) is 30.3 Å². The quantitative estimate of drug-likeness (QED) is 0.718. The van der Waals surface area contributed by atoms with Crippen LogP contribution in [0.3, 0.4) is 0 Å². The largest absolute Gasteiger partial charge is 0.469 e. The van der Waals surface area contributed by atoms with Crippen molar-refractivity contribution < 1.29 is 9.53 Å². The van der Waals surface area contributed by atoms with Gasteiger partial charge in [0.1, 0.15) is 0 Å². The molecule has 0 saturated carbocycles. The van der Waals surface area contributed by atoms with Gasteiger partial charge in [0.25, 0.3) is 0 Å². The van der Waals surface area contributed by atoms with Crippen molar-refractivity contribution in [3.8, 4) is 0 Å². The minimum absolute atomic E-state index is 0.375. The molecule has 0 radical (unpaired) electrons. The number of benzene rings is 2. The van der Waals surface area contributed by atoms with Crippen LogP contribution in [0.1, 0.15) is 17.0 Å². The minimum Gasteiger partial charge on any atom is -0.469 e. The molecule has 0 aromatic heterocycles. The van der Waals surface area contributed by atoms with Crippen molar-refractivity contribution in [2.75, 3.05) is 7.11 Å². The van der Waals surface area contributed by atoms with Crippen LogP contribution in [-0.4, -0.2) is 13.1 Å². The maximum atomic E-state index is 12.1. The highest BCUT2D eigenvalue weighted by atomic mass is 35.5. The zero-order chi connectivity index (χ0) is 15.4. The van der Waals surface area contributed by atoms with Gasteiger partial charge in [-0.25, -0.2) is 0 Å². The van der Waals surface area contributed by atoms with E-state index in [9.17, 15) is 4.79 Å². The van der Waals surface area contributed by atoms with Gasteiger partial charge in [-0.1, -0.05) is 53.0 Å². The molecule has 2 nitrogen and oxygen atoms in total. The van der Waals surface area contributed by atoms with Crippen LogP contribution in [0.25, 0.3) is 0 Å². The SMILES string of the molecule is COC(=O)[C@@H](Cc1ccc(Cl)cc1)c1c(Cl)cccc1Cl. The lowest BCUT2D eigenvalue weighted by Crippen LogP contribution is -2.17. The summed E-state index contributed by atoms with van der Waals surface area (Å²) in [4.78, 5) is 12.1. The Morgan fingerprint density at radius 1 is 1.05 bits per heavy atom. The Labute approximate surface area is 138 Å². The summed E-state index contributed by atoms with van der Waals surface area (Å²) in [6.45, 7) is 0. The Bertz CT molecular complexity index is 618. The molecule has 0 aliphatic rings. The Balaban J connectivity index is 2.39. The average molecular weight is 344 g/mol. The van der Waals surface area contributed by atoms with Gasteiger partial charge in [-0.2, -0.15) is 0 Å². The maximum Gasteiger partial charge on any atom is 0.313 e. The Morgan fingerprint density at radius 3 is 2.14 bits per heavy atom. The zero-order valence-corrected chi connectivity index (χ0v) is 13.5.